The molecule has 3 aromatic rings. The van der Waals surface area contributed by atoms with Crippen LogP contribution in [0.4, 0.5) is 4.39 Å². The van der Waals surface area contributed by atoms with E-state index in [-0.39, 0.29) is 5.82 Å². The molecule has 2 aromatic heterocycles. The molecule has 0 amide bonds. The number of nitrogens with one attached hydrogen (secondary N) is 1. The van der Waals surface area contributed by atoms with Gasteiger partial charge in [0.15, 0.2) is 0 Å². The first-order valence-corrected chi connectivity index (χ1v) is 5.96. The molecule has 94 valence electrons. The number of H-pyrrole nitrogens is 1. The van der Waals surface area contributed by atoms with Gasteiger partial charge in [0.05, 0.1) is 11.9 Å². The minimum Gasteiger partial charge on any atom is -0.338 e. The van der Waals surface area contributed by atoms with Crippen molar-refractivity contribution < 1.29 is 4.39 Å². The van der Waals surface area contributed by atoms with Crippen LogP contribution < -0.4 is 0 Å². The maximum absolute atomic E-state index is 13.3. The van der Waals surface area contributed by atoms with Crippen molar-refractivity contribution in [3.63, 3.8) is 0 Å². The van der Waals surface area contributed by atoms with Gasteiger partial charge in [-0.25, -0.2) is 9.37 Å². The third-order valence-electron chi connectivity index (χ3n) is 3.00. The average molecular weight is 253 g/mol. The fraction of sp³-hybridized carbons (Fsp3) is 0.0667. The first kappa shape index (κ1) is 11.6. The number of halogens is 1. The van der Waals surface area contributed by atoms with E-state index < -0.39 is 0 Å². The van der Waals surface area contributed by atoms with Crippen LogP contribution in [0.15, 0.2) is 48.9 Å². The van der Waals surface area contributed by atoms with Gasteiger partial charge in [-0.2, -0.15) is 0 Å². The highest BCUT2D eigenvalue weighted by molar-refractivity contribution is 5.65. The van der Waals surface area contributed by atoms with Crippen molar-refractivity contribution in [1.29, 1.82) is 0 Å². The largest absolute Gasteiger partial charge is 0.338 e. The van der Waals surface area contributed by atoms with Crippen molar-refractivity contribution in [1.82, 2.24) is 15.0 Å². The Bertz CT molecular complexity index is 704. The molecule has 3 rings (SSSR count). The summed E-state index contributed by atoms with van der Waals surface area (Å²) < 4.78 is 13.3. The number of hydrogen-bond acceptors (Lipinski definition) is 2. The maximum atomic E-state index is 13.3. The minimum atomic E-state index is -0.264. The van der Waals surface area contributed by atoms with E-state index in [4.69, 9.17) is 0 Å². The van der Waals surface area contributed by atoms with Crippen molar-refractivity contribution in [2.24, 2.45) is 0 Å². The normalized spacial score (nSPS) is 10.6. The highest BCUT2D eigenvalue weighted by atomic mass is 19.1. The molecule has 0 saturated carbocycles. The zero-order valence-electron chi connectivity index (χ0n) is 10.4. The number of hydrogen-bond donors (Lipinski definition) is 1. The number of pyridine rings is 1. The minimum absolute atomic E-state index is 0.264. The summed E-state index contributed by atoms with van der Waals surface area (Å²) in [6.07, 6.45) is 5.21. The Hall–Kier alpha value is -2.49. The van der Waals surface area contributed by atoms with Gasteiger partial charge in [0.2, 0.25) is 0 Å². The molecule has 0 spiro atoms. The molecule has 0 bridgehead atoms. The Morgan fingerprint density at radius 1 is 1.16 bits per heavy atom. The quantitative estimate of drug-likeness (QED) is 0.758. The number of imidazole rings is 1. The van der Waals surface area contributed by atoms with Gasteiger partial charge in [0.1, 0.15) is 11.6 Å². The van der Waals surface area contributed by atoms with Gasteiger partial charge in [-0.3, -0.25) is 4.98 Å². The molecule has 0 radical (unpaired) electrons. The molecule has 2 heterocycles. The predicted octanol–water partition coefficient (Wildman–Crippen LogP) is 3.59. The molecule has 0 fully saturated rings. The second kappa shape index (κ2) is 4.65. The zero-order valence-corrected chi connectivity index (χ0v) is 10.4. The second-order valence-corrected chi connectivity index (χ2v) is 4.35. The lowest BCUT2D eigenvalue weighted by Crippen LogP contribution is -1.87. The molecule has 0 aliphatic carbocycles. The molecule has 1 N–H and O–H groups in total. The number of aromatic nitrogens is 3. The Morgan fingerprint density at radius 2 is 2.05 bits per heavy atom. The number of benzene rings is 1. The van der Waals surface area contributed by atoms with Gasteiger partial charge < -0.3 is 4.98 Å². The zero-order chi connectivity index (χ0) is 13.2. The van der Waals surface area contributed by atoms with E-state index in [1.807, 2.05) is 19.1 Å². The van der Waals surface area contributed by atoms with Crippen molar-refractivity contribution >= 4 is 0 Å². The van der Waals surface area contributed by atoms with Crippen LogP contribution in [0.5, 0.6) is 0 Å². The third kappa shape index (κ3) is 2.25. The van der Waals surface area contributed by atoms with Crippen molar-refractivity contribution in [3.8, 4) is 22.6 Å². The van der Waals surface area contributed by atoms with Crippen LogP contribution in [0.1, 0.15) is 5.56 Å². The fourth-order valence-corrected chi connectivity index (χ4v) is 1.98. The van der Waals surface area contributed by atoms with Crippen LogP contribution in [-0.4, -0.2) is 15.0 Å². The Morgan fingerprint density at radius 3 is 2.84 bits per heavy atom. The smallest absolute Gasteiger partial charge is 0.138 e. The standard InChI is InChI=1S/C15H12FN3/c1-10-4-5-12(16)7-13(10)15-18-9-14(19-15)11-3-2-6-17-8-11/h2-9H,1H3,(H,18,19). The monoisotopic (exact) mass is 253 g/mol. The van der Waals surface area contributed by atoms with Crippen LogP contribution in [0.2, 0.25) is 0 Å². The fourth-order valence-electron chi connectivity index (χ4n) is 1.98. The highest BCUT2D eigenvalue weighted by Crippen LogP contribution is 2.24. The summed E-state index contributed by atoms with van der Waals surface area (Å²) in [6, 6.07) is 8.49. The lowest BCUT2D eigenvalue weighted by molar-refractivity contribution is 0.628. The molecule has 1 aromatic carbocycles. The first-order valence-electron chi connectivity index (χ1n) is 5.96. The Labute approximate surface area is 110 Å². The molecule has 0 saturated heterocycles. The van der Waals surface area contributed by atoms with E-state index in [0.717, 1.165) is 22.4 Å². The molecule has 4 heteroatoms. The molecule has 0 aliphatic rings. The summed E-state index contributed by atoms with van der Waals surface area (Å²) in [4.78, 5) is 11.6. The van der Waals surface area contributed by atoms with E-state index in [0.29, 0.717) is 5.82 Å². The van der Waals surface area contributed by atoms with Crippen molar-refractivity contribution in [2.45, 2.75) is 6.92 Å². The summed E-state index contributed by atoms with van der Waals surface area (Å²) in [5, 5.41) is 0. The summed E-state index contributed by atoms with van der Waals surface area (Å²) in [5.74, 6) is 0.399. The predicted molar refractivity (Wildman–Crippen MR) is 71.9 cm³/mol. The molecular weight excluding hydrogens is 241 g/mol. The third-order valence-corrected chi connectivity index (χ3v) is 3.00. The summed E-state index contributed by atoms with van der Waals surface area (Å²) in [7, 11) is 0. The second-order valence-electron chi connectivity index (χ2n) is 4.35. The molecular formula is C15H12FN3. The van der Waals surface area contributed by atoms with Gasteiger partial charge >= 0.3 is 0 Å². The van der Waals surface area contributed by atoms with Crippen LogP contribution in [0.3, 0.4) is 0 Å². The van der Waals surface area contributed by atoms with E-state index in [1.165, 1.54) is 12.1 Å². The highest BCUT2D eigenvalue weighted by Gasteiger charge is 2.08. The maximum Gasteiger partial charge on any atom is 0.138 e. The molecule has 0 unspecified atom stereocenters. The lowest BCUT2D eigenvalue weighted by Gasteiger charge is -2.02. The van der Waals surface area contributed by atoms with Gasteiger partial charge in [0.25, 0.3) is 0 Å². The summed E-state index contributed by atoms with van der Waals surface area (Å²) in [5.41, 5.74) is 3.57. The number of aryl methyl sites for hydroxylation is 1. The van der Waals surface area contributed by atoms with Gasteiger partial charge in [0, 0.05) is 23.5 Å². The molecule has 0 aliphatic heterocycles. The van der Waals surface area contributed by atoms with Crippen LogP contribution in [0.25, 0.3) is 22.6 Å². The average Bonchev–Trinajstić information content (AvgIpc) is 2.92. The van der Waals surface area contributed by atoms with Crippen LogP contribution in [-0.2, 0) is 0 Å². The topological polar surface area (TPSA) is 41.6 Å². The van der Waals surface area contributed by atoms with Crippen molar-refractivity contribution in [3.05, 3.63) is 60.3 Å². The first-order chi connectivity index (χ1) is 9.24. The molecule has 0 atom stereocenters. The Kier molecular flexibility index (Phi) is 2.83. The van der Waals surface area contributed by atoms with Gasteiger partial charge in [-0.1, -0.05) is 6.07 Å². The van der Waals surface area contributed by atoms with Crippen LogP contribution >= 0.6 is 0 Å². The van der Waals surface area contributed by atoms with Gasteiger partial charge in [-0.05, 0) is 36.8 Å². The Balaban J connectivity index is 2.04. The summed E-state index contributed by atoms with van der Waals surface area (Å²) >= 11 is 0. The SMILES string of the molecule is Cc1ccc(F)cc1-c1ncc(-c2cccnc2)[nH]1. The summed E-state index contributed by atoms with van der Waals surface area (Å²) in [6.45, 7) is 1.93. The lowest BCUT2D eigenvalue weighted by atomic mass is 10.1. The van der Waals surface area contributed by atoms with E-state index >= 15 is 0 Å². The van der Waals surface area contributed by atoms with E-state index in [1.54, 1.807) is 24.7 Å². The van der Waals surface area contributed by atoms with Crippen molar-refractivity contribution in [2.75, 3.05) is 0 Å². The molecule has 3 nitrogen and oxygen atoms in total. The van der Waals surface area contributed by atoms with Gasteiger partial charge in [-0.15, -0.1) is 0 Å². The van der Waals surface area contributed by atoms with E-state index in [2.05, 4.69) is 15.0 Å². The number of rotatable bonds is 2. The van der Waals surface area contributed by atoms with E-state index in [9.17, 15) is 4.39 Å². The number of nitrogens with zero attached hydrogens (tertiary/aromatic N) is 2. The molecule has 19 heavy (non-hydrogen) atoms. The van der Waals surface area contributed by atoms with Crippen LogP contribution in [0, 0.1) is 12.7 Å². The number of aromatic amines is 1.